The predicted molar refractivity (Wildman–Crippen MR) is 101 cm³/mol. The van der Waals surface area contributed by atoms with E-state index < -0.39 is 18.0 Å². The molecule has 0 nitrogen and oxygen atoms in total. The Bertz CT molecular complexity index is 514. The van der Waals surface area contributed by atoms with Crippen molar-refractivity contribution in [2.24, 2.45) is 0 Å². The second kappa shape index (κ2) is 12.8. The maximum atomic E-state index is 5.62. The average Bonchev–Trinajstić information content (AvgIpc) is 3.08. The van der Waals surface area contributed by atoms with E-state index in [2.05, 4.69) is 77.2 Å². The standard InChI is InChI=1S/C9H13.C7H9.C2H6Si.2ClH.Zr/c1-3-8-5-6-9(4-2)7-8;1-6-3-4-7(2)5-6;1-3-2;;;/h5-7H,3-4H2,1-2H3;3-5H,1-2H3;1-2H3;2*1H;/q2*-1;;;;+2/p-2. The first-order valence-electron chi connectivity index (χ1n) is 7.73. The van der Waals surface area contributed by atoms with E-state index in [1.54, 1.807) is 0 Å². The van der Waals surface area contributed by atoms with Gasteiger partial charge in [0.1, 0.15) is 0 Å². The van der Waals surface area contributed by atoms with Gasteiger partial charge in [-0.1, -0.05) is 40.5 Å². The third-order valence-corrected chi connectivity index (χ3v) is 22.9. The van der Waals surface area contributed by atoms with Crippen LogP contribution in [-0.4, -0.2) is 5.43 Å². The van der Waals surface area contributed by atoms with E-state index in [9.17, 15) is 0 Å². The van der Waals surface area contributed by atoms with Crippen LogP contribution in [0.5, 0.6) is 0 Å². The van der Waals surface area contributed by atoms with E-state index in [1.807, 2.05) is 0 Å². The predicted octanol–water partition coefficient (Wildman–Crippen LogP) is 6.72. The van der Waals surface area contributed by atoms with Gasteiger partial charge in [-0.3, -0.25) is 0 Å². The van der Waals surface area contributed by atoms with Crippen molar-refractivity contribution in [3.8, 4) is 0 Å². The van der Waals surface area contributed by atoms with Gasteiger partial charge in [0.25, 0.3) is 0 Å². The molecule has 0 fully saturated rings. The summed E-state index contributed by atoms with van der Waals surface area (Å²) in [6.45, 7) is 12.9. The van der Waals surface area contributed by atoms with Gasteiger partial charge in [-0.15, -0.1) is 0 Å². The van der Waals surface area contributed by atoms with Gasteiger partial charge in [0, 0.05) is 0 Å². The van der Waals surface area contributed by atoms with Crippen LogP contribution in [0.4, 0.5) is 0 Å². The molecule has 2 rings (SSSR count). The SMILES string of the molecule is CCc1c[cH-]c(CC)c1.C[Si](C)=[Zr]([Cl])[Cl].Cc1c[cH-]c(C)c1. The fourth-order valence-corrected chi connectivity index (χ4v) is 1.71. The smallest absolute Gasteiger partial charge is 0.0635 e. The van der Waals surface area contributed by atoms with Gasteiger partial charge >= 0.3 is 53.5 Å². The minimum absolute atomic E-state index is 0.224. The van der Waals surface area contributed by atoms with Crippen molar-refractivity contribution in [1.82, 2.24) is 0 Å². The minimum Gasteiger partial charge on any atom is -0.208 e. The van der Waals surface area contributed by atoms with Crippen molar-refractivity contribution in [1.29, 1.82) is 0 Å². The summed E-state index contributed by atoms with van der Waals surface area (Å²) >= 11 is -1.65. The Morgan fingerprint density at radius 1 is 1.00 bits per heavy atom. The summed E-state index contributed by atoms with van der Waals surface area (Å²) in [6, 6.07) is 13.1. The number of hydrogen-bond donors (Lipinski definition) is 0. The van der Waals surface area contributed by atoms with Gasteiger partial charge in [-0.2, -0.15) is 41.0 Å². The van der Waals surface area contributed by atoms with Crippen molar-refractivity contribution in [2.75, 3.05) is 0 Å². The Morgan fingerprint density at radius 3 is 1.77 bits per heavy atom. The van der Waals surface area contributed by atoms with Gasteiger partial charge in [-0.25, -0.2) is 17.7 Å². The molecule has 0 aliphatic carbocycles. The fourth-order valence-electron chi connectivity index (χ4n) is 1.71. The van der Waals surface area contributed by atoms with Crippen LogP contribution >= 0.6 is 17.0 Å². The Balaban J connectivity index is 0.000000309. The molecule has 0 saturated carbocycles. The van der Waals surface area contributed by atoms with Crippen molar-refractivity contribution in [3.05, 3.63) is 58.7 Å². The molecule has 0 aliphatic rings. The summed E-state index contributed by atoms with van der Waals surface area (Å²) < 4.78 is 0. The van der Waals surface area contributed by atoms with E-state index >= 15 is 0 Å². The normalized spacial score (nSPS) is 9.27. The van der Waals surface area contributed by atoms with Crippen LogP contribution in [0.2, 0.25) is 13.1 Å². The molecule has 0 spiro atoms. The molecule has 0 atom stereocenters. The van der Waals surface area contributed by atoms with E-state index in [0.29, 0.717) is 0 Å². The van der Waals surface area contributed by atoms with Crippen molar-refractivity contribution in [3.63, 3.8) is 0 Å². The van der Waals surface area contributed by atoms with Gasteiger partial charge in [0.05, 0.1) is 0 Å². The summed E-state index contributed by atoms with van der Waals surface area (Å²) in [7, 11) is 11.2. The van der Waals surface area contributed by atoms with Crippen molar-refractivity contribution in [2.45, 2.75) is 53.6 Å². The molecule has 0 unspecified atom stereocenters. The Morgan fingerprint density at radius 2 is 1.59 bits per heavy atom. The van der Waals surface area contributed by atoms with Crippen LogP contribution in [0.15, 0.2) is 36.4 Å². The maximum Gasteiger partial charge on any atom is -0.0635 e. The molecule has 0 heterocycles. The van der Waals surface area contributed by atoms with Crippen molar-refractivity contribution < 1.29 is 18.0 Å². The summed E-state index contributed by atoms with van der Waals surface area (Å²) in [5, 5.41) is 0. The molecule has 0 N–H and O–H groups in total. The molecule has 22 heavy (non-hydrogen) atoms. The van der Waals surface area contributed by atoms with Gasteiger partial charge in [0.15, 0.2) is 0 Å². The van der Waals surface area contributed by atoms with E-state index in [0.717, 1.165) is 0 Å². The van der Waals surface area contributed by atoms with Gasteiger partial charge in [0.2, 0.25) is 0 Å². The first-order chi connectivity index (χ1) is 10.3. The molecule has 0 aromatic heterocycles. The zero-order valence-corrected chi connectivity index (χ0v) is 19.6. The third-order valence-electron chi connectivity index (χ3n) is 3.14. The first-order valence-corrected chi connectivity index (χ1v) is 20.2. The van der Waals surface area contributed by atoms with Crippen LogP contribution in [0, 0.1) is 13.8 Å². The van der Waals surface area contributed by atoms with Crippen LogP contribution in [0.25, 0.3) is 0 Å². The fraction of sp³-hybridized carbons (Fsp3) is 0.444. The van der Waals surface area contributed by atoms with E-state index in [4.69, 9.17) is 17.0 Å². The third kappa shape index (κ3) is 11.0. The van der Waals surface area contributed by atoms with Crippen LogP contribution in [0.3, 0.4) is 0 Å². The monoisotopic (exact) mass is 432 g/mol. The molecule has 0 radical (unpaired) electrons. The second-order valence-corrected chi connectivity index (χ2v) is 28.5. The molecule has 0 amide bonds. The largest absolute Gasteiger partial charge is 0.208 e. The molecule has 124 valence electrons. The molecule has 2 aromatic rings. The maximum absolute atomic E-state index is 5.62. The minimum atomic E-state index is -1.65. The Kier molecular flexibility index (Phi) is 13.0. The molecule has 0 aliphatic heterocycles. The summed E-state index contributed by atoms with van der Waals surface area (Å²) in [6.07, 6.45) is 2.33. The van der Waals surface area contributed by atoms with Gasteiger partial charge in [-0.05, 0) is 0 Å². The molecule has 0 bridgehead atoms. The zero-order chi connectivity index (χ0) is 17.1. The zero-order valence-electron chi connectivity index (χ0n) is 14.6. The van der Waals surface area contributed by atoms with Crippen molar-refractivity contribution >= 4 is 22.5 Å². The number of halogens is 2. The van der Waals surface area contributed by atoms with E-state index in [1.165, 1.54) is 35.1 Å². The molecule has 4 heteroatoms. The number of rotatable bonds is 2. The van der Waals surface area contributed by atoms with Crippen LogP contribution in [0.1, 0.15) is 36.1 Å². The molecular weight excluding hydrogens is 406 g/mol. The molecule has 0 saturated heterocycles. The van der Waals surface area contributed by atoms with Crippen LogP contribution < -0.4 is 0 Å². The average molecular weight is 435 g/mol. The van der Waals surface area contributed by atoms with Crippen LogP contribution in [-0.2, 0) is 30.8 Å². The quantitative estimate of drug-likeness (QED) is 0.364. The Labute approximate surface area is 151 Å². The second-order valence-electron chi connectivity index (χ2n) is 5.56. The first kappa shape index (κ1) is 22.4. The number of aryl methyl sites for hydroxylation is 4. The Hall–Kier alpha value is 0.380. The summed E-state index contributed by atoms with van der Waals surface area (Å²) in [5.74, 6) is 0. The van der Waals surface area contributed by atoms with E-state index in [-0.39, 0.29) is 5.43 Å². The van der Waals surface area contributed by atoms with Gasteiger partial charge < -0.3 is 0 Å². The summed E-state index contributed by atoms with van der Waals surface area (Å²) in [4.78, 5) is 0. The summed E-state index contributed by atoms with van der Waals surface area (Å²) in [5.41, 5.74) is 5.42. The topological polar surface area (TPSA) is 0 Å². The molecular formula is C18H28Cl2SiZr-2. The molecule has 2 aromatic carbocycles. The number of hydrogen-bond acceptors (Lipinski definition) is 0.